The van der Waals surface area contributed by atoms with E-state index in [9.17, 15) is 24.3 Å². The third-order valence-electron chi connectivity index (χ3n) is 7.66. The summed E-state index contributed by atoms with van der Waals surface area (Å²) in [5.74, 6) is -3.85. The van der Waals surface area contributed by atoms with E-state index >= 15 is 0 Å². The van der Waals surface area contributed by atoms with Gasteiger partial charge in [0.05, 0.1) is 24.3 Å². The highest BCUT2D eigenvalue weighted by molar-refractivity contribution is 8.00. The second-order valence-electron chi connectivity index (χ2n) is 10.9. The standard InChI is InChI=1S/C28H32ClN9O8S2/c1-12(26(41)42)46-35-19(18-22(29)48-28(32)34-18)23(39)33-20-24(40)38-21(27(43)44)13(11-47-25(20)38)9-36-6-3-4-15-16(36)8-17(31)37(15)7-5-14(30)10-45-2/h3-4,6,8,12,14,20,25,31H,5,7,9-11,30H2,1-2H3,(H5,32,33,34,39,41,42,43,44)/b35-19-/t12-,14-,20?,25?/m0/s1. The number of β-lactam (4-membered cyclic amide) rings is 1. The number of halogens is 1. The van der Waals surface area contributed by atoms with Crippen molar-refractivity contribution in [1.29, 1.82) is 0 Å². The average Bonchev–Trinajstić information content (AvgIpc) is 3.55. The SMILES string of the molecule is COC[C@@H](N)CCn1c(N)cc2c1ccc[n+]2CC1=C(C(=O)[O-])N2C(=O)C(NC(=O)/C(=N\O[C@@H](C)C(=O)O)c3nc(N)sc3Cl)C2SC1. The van der Waals surface area contributed by atoms with Gasteiger partial charge in [-0.25, -0.2) is 9.78 Å². The predicted molar refractivity (Wildman–Crippen MR) is 174 cm³/mol. The van der Waals surface area contributed by atoms with E-state index in [-0.39, 0.29) is 39.2 Å². The van der Waals surface area contributed by atoms with Crippen molar-refractivity contribution in [3.8, 4) is 0 Å². The molecule has 5 heterocycles. The Bertz CT molecular complexity index is 1840. The van der Waals surface area contributed by atoms with E-state index in [1.165, 1.54) is 18.7 Å². The zero-order valence-corrected chi connectivity index (χ0v) is 28.0. The number of oxime groups is 1. The number of thioether (sulfide) groups is 1. The number of nitrogen functional groups attached to an aromatic ring is 2. The highest BCUT2D eigenvalue weighted by Gasteiger charge is 2.53. The Morgan fingerprint density at radius 3 is 2.75 bits per heavy atom. The number of carbonyl (C=O) groups is 4. The van der Waals surface area contributed by atoms with Gasteiger partial charge in [-0.3, -0.25) is 14.5 Å². The van der Waals surface area contributed by atoms with Crippen LogP contribution in [0.25, 0.3) is 11.0 Å². The Morgan fingerprint density at radius 2 is 2.10 bits per heavy atom. The topological polar surface area (TPSA) is 257 Å². The smallest absolute Gasteiger partial charge is 0.347 e. The number of methoxy groups -OCH3 is 1. The molecule has 48 heavy (non-hydrogen) atoms. The Hall–Kier alpha value is -4.43. The predicted octanol–water partition coefficient (Wildman–Crippen LogP) is -1.14. The molecule has 0 radical (unpaired) electrons. The van der Waals surface area contributed by atoms with Crippen LogP contribution in [0.15, 0.2) is 40.8 Å². The lowest BCUT2D eigenvalue weighted by atomic mass is 10.0. The van der Waals surface area contributed by atoms with E-state index in [2.05, 4.69) is 15.5 Å². The first-order chi connectivity index (χ1) is 22.8. The maximum Gasteiger partial charge on any atom is 0.347 e. The van der Waals surface area contributed by atoms with Crippen molar-refractivity contribution in [2.24, 2.45) is 10.9 Å². The molecule has 5 rings (SSSR count). The molecule has 2 unspecified atom stereocenters. The number of nitrogens with zero attached hydrogens (tertiary/aromatic N) is 5. The molecule has 0 saturated carbocycles. The van der Waals surface area contributed by atoms with Gasteiger partial charge in [0.2, 0.25) is 11.6 Å². The molecule has 0 aromatic carbocycles. The number of aliphatic carboxylic acids is 2. The van der Waals surface area contributed by atoms with Gasteiger partial charge in [0.15, 0.2) is 23.6 Å². The molecule has 2 aliphatic rings. The van der Waals surface area contributed by atoms with Gasteiger partial charge in [-0.15, -0.1) is 11.8 Å². The van der Waals surface area contributed by atoms with Crippen molar-refractivity contribution in [2.45, 2.75) is 50.0 Å². The highest BCUT2D eigenvalue weighted by Crippen LogP contribution is 2.40. The van der Waals surface area contributed by atoms with Crippen LogP contribution in [-0.2, 0) is 41.8 Å². The third kappa shape index (κ3) is 6.90. The molecule has 8 N–H and O–H groups in total. The zero-order valence-electron chi connectivity index (χ0n) is 25.6. The van der Waals surface area contributed by atoms with Crippen LogP contribution >= 0.6 is 34.7 Å². The van der Waals surface area contributed by atoms with Crippen molar-refractivity contribution in [1.82, 2.24) is 19.8 Å². The fraction of sp³-hybridized carbons (Fsp3) is 0.393. The van der Waals surface area contributed by atoms with Gasteiger partial charge in [0, 0.05) is 37.1 Å². The molecule has 0 aliphatic carbocycles. The summed E-state index contributed by atoms with van der Waals surface area (Å²) in [6.45, 7) is 2.26. The monoisotopic (exact) mass is 721 g/mol. The van der Waals surface area contributed by atoms with E-state index in [0.717, 1.165) is 27.3 Å². The number of ether oxygens (including phenoxy) is 1. The lowest BCUT2D eigenvalue weighted by Crippen LogP contribution is -2.71. The van der Waals surface area contributed by atoms with Crippen molar-refractivity contribution in [2.75, 3.05) is 30.9 Å². The molecule has 20 heteroatoms. The first-order valence-corrected chi connectivity index (χ1v) is 16.7. The Labute approximate surface area is 286 Å². The van der Waals surface area contributed by atoms with Gasteiger partial charge in [0.1, 0.15) is 32.8 Å². The summed E-state index contributed by atoms with van der Waals surface area (Å²) >= 11 is 8.27. The number of fused-ring (bicyclic) bond motifs is 2. The molecule has 0 bridgehead atoms. The van der Waals surface area contributed by atoms with Crippen molar-refractivity contribution in [3.05, 3.63) is 45.7 Å². The summed E-state index contributed by atoms with van der Waals surface area (Å²) < 4.78 is 8.86. The second kappa shape index (κ2) is 14.4. The van der Waals surface area contributed by atoms with Gasteiger partial charge in [-0.2, -0.15) is 4.57 Å². The highest BCUT2D eigenvalue weighted by atomic mass is 35.5. The molecule has 2 aliphatic heterocycles. The quantitative estimate of drug-likeness (QED) is 0.0572. The minimum Gasteiger partial charge on any atom is -0.543 e. The molecule has 2 amide bonds. The summed E-state index contributed by atoms with van der Waals surface area (Å²) in [5.41, 5.74) is 19.2. The number of hydrogen-bond donors (Lipinski definition) is 5. The Kier molecular flexibility index (Phi) is 10.4. The first-order valence-electron chi connectivity index (χ1n) is 14.4. The number of rotatable bonds is 14. The third-order valence-corrected chi connectivity index (χ3v) is 10.1. The maximum absolute atomic E-state index is 13.4. The lowest BCUT2D eigenvalue weighted by molar-refractivity contribution is -0.663. The summed E-state index contributed by atoms with van der Waals surface area (Å²) in [5, 5.41) is 27.0. The van der Waals surface area contributed by atoms with Gasteiger partial charge in [0.25, 0.3) is 11.8 Å². The number of aromatic nitrogens is 3. The molecular formula is C28H32ClN9O8S2. The first kappa shape index (κ1) is 34.9. The van der Waals surface area contributed by atoms with E-state index < -0.39 is 47.0 Å². The summed E-state index contributed by atoms with van der Waals surface area (Å²) in [7, 11) is 1.58. The minimum atomic E-state index is -1.55. The van der Waals surface area contributed by atoms with Crippen LogP contribution < -0.4 is 32.2 Å². The minimum absolute atomic E-state index is 0.00544. The van der Waals surface area contributed by atoms with Crippen molar-refractivity contribution < 1.29 is 43.5 Å². The molecule has 1 saturated heterocycles. The number of anilines is 2. The van der Waals surface area contributed by atoms with Crippen LogP contribution in [0.1, 0.15) is 19.0 Å². The van der Waals surface area contributed by atoms with Gasteiger partial charge in [-0.1, -0.05) is 28.1 Å². The van der Waals surface area contributed by atoms with Crippen LogP contribution in [0.3, 0.4) is 0 Å². The number of carboxylic acid groups (broad SMARTS) is 2. The summed E-state index contributed by atoms with van der Waals surface area (Å²) in [6, 6.07) is 4.16. The molecule has 3 aromatic heterocycles. The summed E-state index contributed by atoms with van der Waals surface area (Å²) in [6.07, 6.45) is 0.977. The van der Waals surface area contributed by atoms with Crippen LogP contribution in [-0.4, -0.2) is 92.1 Å². The lowest BCUT2D eigenvalue weighted by Gasteiger charge is -2.50. The number of amides is 2. The number of hydrogen-bond acceptors (Lipinski definition) is 14. The number of thiazole rings is 1. The largest absolute Gasteiger partial charge is 0.543 e. The Balaban J connectivity index is 1.37. The van der Waals surface area contributed by atoms with Gasteiger partial charge in [-0.05, 0) is 19.4 Å². The Morgan fingerprint density at radius 1 is 1.35 bits per heavy atom. The molecule has 0 spiro atoms. The average molecular weight is 722 g/mol. The number of nitrogens with one attached hydrogen (secondary N) is 1. The number of carbonyl (C=O) groups excluding carboxylic acids is 3. The molecule has 4 atom stereocenters. The van der Waals surface area contributed by atoms with Gasteiger partial charge < -0.3 is 51.7 Å². The van der Waals surface area contributed by atoms with Crippen LogP contribution in [0, 0.1) is 0 Å². The normalized spacial score (nSPS) is 19.1. The van der Waals surface area contributed by atoms with Crippen molar-refractivity contribution >= 4 is 86.1 Å². The van der Waals surface area contributed by atoms with Crippen LogP contribution in [0.5, 0.6) is 0 Å². The van der Waals surface area contributed by atoms with Crippen LogP contribution in [0.4, 0.5) is 10.9 Å². The maximum atomic E-state index is 13.4. The number of aryl methyl sites for hydroxylation is 1. The second-order valence-corrected chi connectivity index (χ2v) is 13.7. The van der Waals surface area contributed by atoms with E-state index in [1.807, 2.05) is 21.3 Å². The molecule has 1 fully saturated rings. The summed E-state index contributed by atoms with van der Waals surface area (Å²) in [4.78, 5) is 60.4. The van der Waals surface area contributed by atoms with E-state index in [4.69, 9.17) is 43.5 Å². The zero-order chi connectivity index (χ0) is 34.9. The van der Waals surface area contributed by atoms with E-state index in [1.54, 1.807) is 19.4 Å². The molecular weight excluding hydrogens is 690 g/mol. The van der Waals surface area contributed by atoms with Crippen molar-refractivity contribution in [3.63, 3.8) is 0 Å². The molecule has 17 nitrogen and oxygen atoms in total. The van der Waals surface area contributed by atoms with Crippen LogP contribution in [0.2, 0.25) is 4.34 Å². The molecule has 256 valence electrons. The fourth-order valence-electron chi connectivity index (χ4n) is 5.31. The number of nitrogens with two attached hydrogens (primary N) is 3. The van der Waals surface area contributed by atoms with Gasteiger partial charge >= 0.3 is 5.97 Å². The number of pyridine rings is 1. The van der Waals surface area contributed by atoms with E-state index in [0.29, 0.717) is 31.0 Å². The number of carboxylic acids is 2. The fourth-order valence-corrected chi connectivity index (χ4v) is 7.58. The molecule has 3 aromatic rings.